The number of carbonyl (C=O) groups is 2. The van der Waals surface area contributed by atoms with Crippen LogP contribution in [-0.2, 0) is 20.7 Å². The van der Waals surface area contributed by atoms with Gasteiger partial charge in [0.05, 0.1) is 12.8 Å². The quantitative estimate of drug-likeness (QED) is 0.506. The zero-order chi connectivity index (χ0) is 13.0. The van der Waals surface area contributed by atoms with E-state index in [-0.39, 0.29) is 18.6 Å². The SMILES string of the molecule is COC(=O)CC(=O)Cc1cc(Br)c(N)c(Br)c1. The van der Waals surface area contributed by atoms with Crippen molar-refractivity contribution in [1.82, 2.24) is 0 Å². The number of hydrogen-bond donors (Lipinski definition) is 1. The molecule has 1 rings (SSSR count). The van der Waals surface area contributed by atoms with Crippen LogP contribution in [0, 0.1) is 0 Å². The molecule has 0 unspecified atom stereocenters. The summed E-state index contributed by atoms with van der Waals surface area (Å²) in [6, 6.07) is 3.52. The Morgan fingerprint density at radius 2 is 1.82 bits per heavy atom. The molecule has 6 heteroatoms. The number of halogens is 2. The number of ether oxygens (including phenoxy) is 1. The van der Waals surface area contributed by atoms with Crippen LogP contribution in [0.5, 0.6) is 0 Å². The summed E-state index contributed by atoms with van der Waals surface area (Å²) in [5.74, 6) is -0.719. The van der Waals surface area contributed by atoms with Crippen molar-refractivity contribution in [3.8, 4) is 0 Å². The summed E-state index contributed by atoms with van der Waals surface area (Å²) in [6.45, 7) is 0. The molecule has 17 heavy (non-hydrogen) atoms. The average molecular weight is 365 g/mol. The van der Waals surface area contributed by atoms with E-state index in [1.165, 1.54) is 7.11 Å². The highest BCUT2D eigenvalue weighted by molar-refractivity contribution is 9.11. The monoisotopic (exact) mass is 363 g/mol. The van der Waals surface area contributed by atoms with E-state index < -0.39 is 5.97 Å². The standard InChI is InChI=1S/C11H11Br2NO3/c1-17-10(16)5-7(15)2-6-3-8(12)11(14)9(13)4-6/h3-4H,2,5,14H2,1H3. The molecule has 0 aliphatic rings. The van der Waals surface area contributed by atoms with Crippen LogP contribution in [0.3, 0.4) is 0 Å². The van der Waals surface area contributed by atoms with Gasteiger partial charge in [0.1, 0.15) is 12.2 Å². The van der Waals surface area contributed by atoms with Gasteiger partial charge in [0.25, 0.3) is 0 Å². The number of Topliss-reactive ketones (excluding diaryl/α,β-unsaturated/α-hetero) is 1. The molecule has 0 radical (unpaired) electrons. The highest BCUT2D eigenvalue weighted by atomic mass is 79.9. The molecule has 1 aromatic carbocycles. The Morgan fingerprint density at radius 3 is 2.29 bits per heavy atom. The Morgan fingerprint density at radius 1 is 1.29 bits per heavy atom. The fourth-order valence-corrected chi connectivity index (χ4v) is 2.54. The summed E-state index contributed by atoms with van der Waals surface area (Å²) < 4.78 is 5.86. The predicted octanol–water partition coefficient (Wildman–Crippen LogP) is 2.47. The summed E-state index contributed by atoms with van der Waals surface area (Å²) in [6.07, 6.45) is -0.0390. The van der Waals surface area contributed by atoms with Gasteiger partial charge in [-0.25, -0.2) is 0 Å². The topological polar surface area (TPSA) is 69.4 Å². The minimum atomic E-state index is -0.524. The molecule has 0 saturated heterocycles. The van der Waals surface area contributed by atoms with Crippen molar-refractivity contribution in [1.29, 1.82) is 0 Å². The Labute approximate surface area is 116 Å². The fourth-order valence-electron chi connectivity index (χ4n) is 1.26. The highest BCUT2D eigenvalue weighted by Gasteiger charge is 2.12. The van der Waals surface area contributed by atoms with Gasteiger partial charge in [0, 0.05) is 15.4 Å². The van der Waals surface area contributed by atoms with Gasteiger partial charge in [-0.2, -0.15) is 0 Å². The van der Waals surface area contributed by atoms with Gasteiger partial charge in [-0.05, 0) is 49.6 Å². The van der Waals surface area contributed by atoms with Crippen molar-refractivity contribution in [3.63, 3.8) is 0 Å². The first-order valence-corrected chi connectivity index (χ1v) is 6.34. The first-order chi connectivity index (χ1) is 7.93. The number of anilines is 1. The summed E-state index contributed by atoms with van der Waals surface area (Å²) in [7, 11) is 1.26. The number of carbonyl (C=O) groups excluding carboxylic acids is 2. The predicted molar refractivity (Wildman–Crippen MR) is 71.6 cm³/mol. The second-order valence-electron chi connectivity index (χ2n) is 3.44. The van der Waals surface area contributed by atoms with Crippen LogP contribution in [0.2, 0.25) is 0 Å². The Bertz CT molecular complexity index is 437. The number of nitrogens with two attached hydrogens (primary N) is 1. The van der Waals surface area contributed by atoms with Gasteiger partial charge >= 0.3 is 5.97 Å². The molecule has 0 bridgehead atoms. The smallest absolute Gasteiger partial charge is 0.313 e. The van der Waals surface area contributed by atoms with E-state index in [2.05, 4.69) is 36.6 Å². The van der Waals surface area contributed by atoms with Crippen LogP contribution in [0.4, 0.5) is 5.69 Å². The van der Waals surface area contributed by atoms with Crippen molar-refractivity contribution < 1.29 is 14.3 Å². The van der Waals surface area contributed by atoms with Crippen LogP contribution in [0.1, 0.15) is 12.0 Å². The van der Waals surface area contributed by atoms with E-state index >= 15 is 0 Å². The van der Waals surface area contributed by atoms with E-state index in [0.29, 0.717) is 14.6 Å². The zero-order valence-electron chi connectivity index (χ0n) is 9.13. The van der Waals surface area contributed by atoms with Crippen LogP contribution < -0.4 is 5.73 Å². The van der Waals surface area contributed by atoms with Crippen molar-refractivity contribution in [2.75, 3.05) is 12.8 Å². The van der Waals surface area contributed by atoms with Gasteiger partial charge in [-0.15, -0.1) is 0 Å². The minimum Gasteiger partial charge on any atom is -0.469 e. The molecule has 0 aromatic heterocycles. The van der Waals surface area contributed by atoms with Crippen molar-refractivity contribution >= 4 is 49.3 Å². The summed E-state index contributed by atoms with van der Waals surface area (Å²) >= 11 is 6.59. The lowest BCUT2D eigenvalue weighted by molar-refractivity contribution is -0.143. The van der Waals surface area contributed by atoms with Crippen molar-refractivity contribution in [2.45, 2.75) is 12.8 Å². The van der Waals surface area contributed by atoms with Gasteiger partial charge in [-0.3, -0.25) is 9.59 Å². The summed E-state index contributed by atoms with van der Waals surface area (Å²) in [4.78, 5) is 22.4. The maximum Gasteiger partial charge on any atom is 0.313 e. The normalized spacial score (nSPS) is 10.1. The first-order valence-electron chi connectivity index (χ1n) is 4.76. The number of hydrogen-bond acceptors (Lipinski definition) is 4. The zero-order valence-corrected chi connectivity index (χ0v) is 12.3. The summed E-state index contributed by atoms with van der Waals surface area (Å²) in [5, 5.41) is 0. The number of esters is 1. The molecule has 0 heterocycles. The molecule has 0 aliphatic carbocycles. The third kappa shape index (κ3) is 4.12. The minimum absolute atomic E-state index is 0.173. The molecule has 1 aromatic rings. The van der Waals surface area contributed by atoms with Crippen LogP contribution in [-0.4, -0.2) is 18.9 Å². The second kappa shape index (κ2) is 6.16. The fraction of sp³-hybridized carbons (Fsp3) is 0.273. The third-order valence-corrected chi connectivity index (χ3v) is 3.42. The molecule has 0 saturated carbocycles. The molecule has 0 spiro atoms. The molecule has 0 aliphatic heterocycles. The van der Waals surface area contributed by atoms with E-state index in [9.17, 15) is 9.59 Å². The molecule has 2 N–H and O–H groups in total. The highest BCUT2D eigenvalue weighted by Crippen LogP contribution is 2.29. The molecular formula is C11H11Br2NO3. The average Bonchev–Trinajstić information content (AvgIpc) is 2.25. The van der Waals surface area contributed by atoms with Crippen molar-refractivity contribution in [2.24, 2.45) is 0 Å². The van der Waals surface area contributed by atoms with Crippen LogP contribution in [0.25, 0.3) is 0 Å². The van der Waals surface area contributed by atoms with Crippen molar-refractivity contribution in [3.05, 3.63) is 26.6 Å². The van der Waals surface area contributed by atoms with Gasteiger partial charge < -0.3 is 10.5 Å². The molecule has 0 atom stereocenters. The number of rotatable bonds is 4. The largest absolute Gasteiger partial charge is 0.469 e. The molecule has 92 valence electrons. The van der Waals surface area contributed by atoms with Gasteiger partial charge in [-0.1, -0.05) is 0 Å². The molecule has 4 nitrogen and oxygen atoms in total. The van der Waals surface area contributed by atoms with Gasteiger partial charge in [0.2, 0.25) is 0 Å². The lowest BCUT2D eigenvalue weighted by Gasteiger charge is -2.06. The first kappa shape index (κ1) is 14.2. The van der Waals surface area contributed by atoms with Crippen LogP contribution in [0.15, 0.2) is 21.1 Å². The molecule has 0 amide bonds. The number of methoxy groups -OCH3 is 1. The van der Waals surface area contributed by atoms with Gasteiger partial charge in [0.15, 0.2) is 0 Å². The molecular weight excluding hydrogens is 354 g/mol. The number of benzene rings is 1. The maximum absolute atomic E-state index is 11.5. The Balaban J connectivity index is 2.76. The summed E-state index contributed by atoms with van der Waals surface area (Å²) in [5.41, 5.74) is 7.09. The Kier molecular flexibility index (Phi) is 5.14. The third-order valence-electron chi connectivity index (χ3n) is 2.11. The molecule has 0 fully saturated rings. The van der Waals surface area contributed by atoms with E-state index in [1.807, 2.05) is 0 Å². The lowest BCUT2D eigenvalue weighted by Crippen LogP contribution is -2.11. The van der Waals surface area contributed by atoms with E-state index in [4.69, 9.17) is 5.73 Å². The maximum atomic E-state index is 11.5. The number of ketones is 1. The Hall–Kier alpha value is -0.880. The van der Waals surface area contributed by atoms with Crippen LogP contribution >= 0.6 is 31.9 Å². The van der Waals surface area contributed by atoms with E-state index in [1.54, 1.807) is 12.1 Å². The lowest BCUT2D eigenvalue weighted by atomic mass is 10.1. The second-order valence-corrected chi connectivity index (χ2v) is 5.15. The number of nitrogen functional groups attached to an aromatic ring is 1. The van der Waals surface area contributed by atoms with E-state index in [0.717, 1.165) is 5.56 Å².